The van der Waals surface area contributed by atoms with Crippen LogP contribution in [-0.2, 0) is 0 Å². The fraction of sp³-hybridized carbons (Fsp3) is 0.357. The lowest BCUT2D eigenvalue weighted by atomic mass is 10.0. The zero-order chi connectivity index (χ0) is 13.9. The van der Waals surface area contributed by atoms with Gasteiger partial charge >= 0.3 is 6.18 Å². The number of para-hydroxylation sites is 1. The van der Waals surface area contributed by atoms with Crippen LogP contribution in [0.1, 0.15) is 12.5 Å². The fourth-order valence-electron chi connectivity index (χ4n) is 1.75. The van der Waals surface area contributed by atoms with Crippen molar-refractivity contribution in [2.24, 2.45) is 10.9 Å². The second kappa shape index (κ2) is 5.47. The van der Waals surface area contributed by atoms with Crippen LogP contribution in [0.15, 0.2) is 41.4 Å². The maximum Gasteiger partial charge on any atom is 0.422 e. The Bertz CT molecular complexity index is 506. The third-order valence-corrected chi connectivity index (χ3v) is 2.69. The number of alkyl halides is 3. The number of rotatable bonds is 3. The van der Waals surface area contributed by atoms with Crippen LogP contribution in [0.2, 0.25) is 0 Å². The topological polar surface area (TPSA) is 21.6 Å². The molecule has 2 rings (SSSR count). The number of allylic oxidation sites excluding steroid dienone is 1. The molecule has 0 fully saturated rings. The summed E-state index contributed by atoms with van der Waals surface area (Å²) < 4.78 is 41.4. The summed E-state index contributed by atoms with van der Waals surface area (Å²) in [5.41, 5.74) is 1.26. The van der Waals surface area contributed by atoms with Gasteiger partial charge in [0.15, 0.2) is 6.61 Å². The molecule has 0 saturated heterocycles. The van der Waals surface area contributed by atoms with Crippen molar-refractivity contribution in [1.29, 1.82) is 0 Å². The molecule has 2 nitrogen and oxygen atoms in total. The summed E-state index contributed by atoms with van der Waals surface area (Å²) in [4.78, 5) is 4.35. The molecule has 0 bridgehead atoms. The molecule has 1 heterocycles. The molecular weight excluding hydrogens is 255 g/mol. The maximum absolute atomic E-state index is 12.2. The van der Waals surface area contributed by atoms with Crippen LogP contribution in [-0.4, -0.2) is 25.0 Å². The Labute approximate surface area is 109 Å². The molecular formula is C14H14F3NO. The normalized spacial score (nSPS) is 19.2. The Kier molecular flexibility index (Phi) is 3.93. The number of halogens is 3. The fourth-order valence-corrected chi connectivity index (χ4v) is 1.75. The van der Waals surface area contributed by atoms with Crippen molar-refractivity contribution in [3.8, 4) is 5.75 Å². The van der Waals surface area contributed by atoms with Crippen LogP contribution in [0.5, 0.6) is 5.75 Å². The van der Waals surface area contributed by atoms with Crippen LogP contribution in [0.3, 0.4) is 0 Å². The number of dihydropyridines is 1. The molecule has 1 aliphatic rings. The molecule has 0 aromatic heterocycles. The lowest BCUT2D eigenvalue weighted by Crippen LogP contribution is -2.20. The monoisotopic (exact) mass is 269 g/mol. The molecule has 19 heavy (non-hydrogen) atoms. The van der Waals surface area contributed by atoms with Crippen molar-refractivity contribution in [3.05, 3.63) is 42.0 Å². The van der Waals surface area contributed by atoms with E-state index in [9.17, 15) is 13.2 Å². The van der Waals surface area contributed by atoms with E-state index in [1.807, 2.05) is 19.1 Å². The van der Waals surface area contributed by atoms with Gasteiger partial charge in [-0.15, -0.1) is 0 Å². The Morgan fingerprint density at radius 3 is 2.68 bits per heavy atom. The van der Waals surface area contributed by atoms with Crippen LogP contribution in [0.4, 0.5) is 13.2 Å². The molecule has 0 N–H and O–H groups in total. The quantitative estimate of drug-likeness (QED) is 0.821. The Balaban J connectivity index is 2.20. The van der Waals surface area contributed by atoms with Gasteiger partial charge in [-0.25, -0.2) is 0 Å². The van der Waals surface area contributed by atoms with E-state index in [1.54, 1.807) is 18.2 Å². The summed E-state index contributed by atoms with van der Waals surface area (Å²) in [5.74, 6) is 0.560. The minimum absolute atomic E-state index is 0.206. The third-order valence-electron chi connectivity index (χ3n) is 2.69. The summed E-state index contributed by atoms with van der Waals surface area (Å²) in [6.45, 7) is 1.37. The molecule has 1 aromatic rings. The predicted octanol–water partition coefficient (Wildman–Crippen LogP) is 3.62. The highest BCUT2D eigenvalue weighted by molar-refractivity contribution is 6.10. The average molecular weight is 269 g/mol. The van der Waals surface area contributed by atoms with Crippen LogP contribution >= 0.6 is 0 Å². The van der Waals surface area contributed by atoms with Gasteiger partial charge in [0.1, 0.15) is 5.75 Å². The predicted molar refractivity (Wildman–Crippen MR) is 67.7 cm³/mol. The number of nitrogens with zero attached hydrogens (tertiary/aromatic N) is 1. The first-order valence-electron chi connectivity index (χ1n) is 5.97. The zero-order valence-electron chi connectivity index (χ0n) is 10.4. The average Bonchev–Trinajstić information content (AvgIpc) is 2.37. The molecule has 1 aromatic carbocycles. The molecule has 0 aliphatic carbocycles. The van der Waals surface area contributed by atoms with Crippen molar-refractivity contribution in [3.63, 3.8) is 0 Å². The second-order valence-electron chi connectivity index (χ2n) is 4.46. The summed E-state index contributed by atoms with van der Waals surface area (Å²) in [7, 11) is 0. The molecule has 0 amide bonds. The van der Waals surface area contributed by atoms with Crippen molar-refractivity contribution in [2.45, 2.75) is 13.1 Å². The lowest BCUT2D eigenvalue weighted by molar-refractivity contribution is -0.153. The van der Waals surface area contributed by atoms with Gasteiger partial charge in [-0.1, -0.05) is 25.1 Å². The number of hydrogen-bond acceptors (Lipinski definition) is 2. The van der Waals surface area contributed by atoms with Crippen molar-refractivity contribution >= 4 is 5.71 Å². The van der Waals surface area contributed by atoms with E-state index in [0.717, 1.165) is 0 Å². The number of ether oxygens (including phenoxy) is 1. The lowest BCUT2D eigenvalue weighted by Gasteiger charge is -2.15. The minimum Gasteiger partial charge on any atom is -0.483 e. The molecule has 1 unspecified atom stereocenters. The largest absolute Gasteiger partial charge is 0.483 e. The highest BCUT2D eigenvalue weighted by Gasteiger charge is 2.29. The van der Waals surface area contributed by atoms with Crippen molar-refractivity contribution < 1.29 is 17.9 Å². The summed E-state index contributed by atoms with van der Waals surface area (Å²) in [5, 5.41) is 0. The van der Waals surface area contributed by atoms with E-state index >= 15 is 0 Å². The Morgan fingerprint density at radius 1 is 1.32 bits per heavy atom. The van der Waals surface area contributed by atoms with Crippen LogP contribution in [0, 0.1) is 5.92 Å². The molecule has 0 saturated carbocycles. The highest BCUT2D eigenvalue weighted by atomic mass is 19.4. The summed E-state index contributed by atoms with van der Waals surface area (Å²) >= 11 is 0. The van der Waals surface area contributed by atoms with Crippen LogP contribution < -0.4 is 4.74 Å². The summed E-state index contributed by atoms with van der Waals surface area (Å²) in [6, 6.07) is 6.63. The first-order chi connectivity index (χ1) is 8.96. The van der Waals surface area contributed by atoms with Crippen LogP contribution in [0.25, 0.3) is 0 Å². The van der Waals surface area contributed by atoms with E-state index in [1.165, 1.54) is 6.07 Å². The van der Waals surface area contributed by atoms with E-state index in [-0.39, 0.29) is 5.75 Å². The summed E-state index contributed by atoms with van der Waals surface area (Å²) in [6.07, 6.45) is -0.529. The van der Waals surface area contributed by atoms with E-state index in [2.05, 4.69) is 4.99 Å². The first-order valence-corrected chi connectivity index (χ1v) is 5.97. The minimum atomic E-state index is -4.34. The first kappa shape index (κ1) is 13.6. The number of aliphatic imine (C=N–C) groups is 1. The maximum atomic E-state index is 12.2. The van der Waals surface area contributed by atoms with E-state index < -0.39 is 12.8 Å². The van der Waals surface area contributed by atoms with Gasteiger partial charge in [-0.2, -0.15) is 13.2 Å². The Morgan fingerprint density at radius 2 is 2.05 bits per heavy atom. The highest BCUT2D eigenvalue weighted by Crippen LogP contribution is 2.24. The van der Waals surface area contributed by atoms with Gasteiger partial charge in [-0.05, 0) is 24.1 Å². The van der Waals surface area contributed by atoms with Gasteiger partial charge in [0, 0.05) is 12.1 Å². The van der Waals surface area contributed by atoms with Gasteiger partial charge < -0.3 is 4.74 Å². The smallest absolute Gasteiger partial charge is 0.422 e. The molecule has 0 radical (unpaired) electrons. The van der Waals surface area contributed by atoms with Gasteiger partial charge in [0.05, 0.1) is 5.71 Å². The number of benzene rings is 1. The van der Waals surface area contributed by atoms with Gasteiger partial charge in [-0.3, -0.25) is 4.99 Å². The van der Waals surface area contributed by atoms with Crippen molar-refractivity contribution in [2.75, 3.05) is 13.2 Å². The standard InChI is InChI=1S/C14H14F3NO/c1-10-6-7-12(18-8-10)11-4-2-3-5-13(11)19-9-14(15,16)17/h2-7,10H,8-9H2,1H3. The third kappa shape index (κ3) is 3.84. The molecule has 1 atom stereocenters. The molecule has 5 heteroatoms. The molecule has 0 spiro atoms. The zero-order valence-corrected chi connectivity index (χ0v) is 10.4. The van der Waals surface area contributed by atoms with E-state index in [4.69, 9.17) is 4.74 Å². The molecule has 102 valence electrons. The van der Waals surface area contributed by atoms with Crippen molar-refractivity contribution in [1.82, 2.24) is 0 Å². The Hall–Kier alpha value is -1.78. The van der Waals surface area contributed by atoms with Gasteiger partial charge in [0.2, 0.25) is 0 Å². The molecule has 1 aliphatic heterocycles. The SMILES string of the molecule is CC1C=CC(c2ccccc2OCC(F)(F)F)=NC1. The second-order valence-corrected chi connectivity index (χ2v) is 4.46. The van der Waals surface area contributed by atoms with E-state index in [0.29, 0.717) is 23.7 Å². The number of hydrogen-bond donors (Lipinski definition) is 0. The van der Waals surface area contributed by atoms with Gasteiger partial charge in [0.25, 0.3) is 0 Å².